The standard InChI is InChI=1S/C14H22N4O3/c1-21-13-5-2-4-12(14(13)18(19)20)16-6-3-9-17-10-7-15-8-11-17/h2,4-5,15-16H,3,6-11H2,1H3. The van der Waals surface area contributed by atoms with E-state index in [-0.39, 0.29) is 11.4 Å². The monoisotopic (exact) mass is 294 g/mol. The number of piperazine rings is 1. The molecule has 0 atom stereocenters. The van der Waals surface area contributed by atoms with Crippen LogP contribution in [0.25, 0.3) is 0 Å². The number of nitrogens with one attached hydrogen (secondary N) is 2. The molecule has 1 aromatic rings. The number of nitro groups is 1. The van der Waals surface area contributed by atoms with E-state index in [0.29, 0.717) is 12.2 Å². The van der Waals surface area contributed by atoms with Gasteiger partial charge in [0, 0.05) is 32.7 Å². The molecule has 1 heterocycles. The van der Waals surface area contributed by atoms with E-state index in [4.69, 9.17) is 4.74 Å². The third-order valence-corrected chi connectivity index (χ3v) is 3.58. The summed E-state index contributed by atoms with van der Waals surface area (Å²) in [7, 11) is 1.44. The maximum Gasteiger partial charge on any atom is 0.333 e. The Morgan fingerprint density at radius 1 is 1.43 bits per heavy atom. The summed E-state index contributed by atoms with van der Waals surface area (Å²) in [6.07, 6.45) is 0.953. The molecule has 0 unspecified atom stereocenters. The highest BCUT2D eigenvalue weighted by Gasteiger charge is 2.20. The van der Waals surface area contributed by atoms with E-state index in [9.17, 15) is 10.1 Å². The second kappa shape index (κ2) is 7.80. The Hall–Kier alpha value is -1.86. The van der Waals surface area contributed by atoms with Crippen molar-refractivity contribution in [1.82, 2.24) is 10.2 Å². The lowest BCUT2D eigenvalue weighted by atomic mass is 10.2. The highest BCUT2D eigenvalue weighted by atomic mass is 16.6. The fourth-order valence-corrected chi connectivity index (χ4v) is 2.48. The zero-order valence-electron chi connectivity index (χ0n) is 12.3. The van der Waals surface area contributed by atoms with Crippen LogP contribution in [-0.4, -0.2) is 56.2 Å². The normalized spacial score (nSPS) is 15.7. The summed E-state index contributed by atoms with van der Waals surface area (Å²) in [6.45, 7) is 5.92. The van der Waals surface area contributed by atoms with Crippen molar-refractivity contribution in [3.05, 3.63) is 28.3 Å². The van der Waals surface area contributed by atoms with Crippen LogP contribution >= 0.6 is 0 Å². The fraction of sp³-hybridized carbons (Fsp3) is 0.571. The van der Waals surface area contributed by atoms with Gasteiger partial charge in [0.05, 0.1) is 12.0 Å². The van der Waals surface area contributed by atoms with Gasteiger partial charge in [-0.25, -0.2) is 0 Å². The van der Waals surface area contributed by atoms with Crippen LogP contribution in [0.4, 0.5) is 11.4 Å². The first-order chi connectivity index (χ1) is 10.2. The van der Waals surface area contributed by atoms with Crippen LogP contribution < -0.4 is 15.4 Å². The zero-order valence-corrected chi connectivity index (χ0v) is 12.3. The summed E-state index contributed by atoms with van der Waals surface area (Å²) >= 11 is 0. The molecule has 1 saturated heterocycles. The molecule has 1 aliphatic heterocycles. The van der Waals surface area contributed by atoms with Crippen LogP contribution in [0.5, 0.6) is 5.75 Å². The smallest absolute Gasteiger partial charge is 0.333 e. The van der Waals surface area contributed by atoms with Gasteiger partial charge in [-0.1, -0.05) is 6.07 Å². The number of methoxy groups -OCH3 is 1. The van der Waals surface area contributed by atoms with E-state index in [1.807, 2.05) is 0 Å². The number of hydrogen-bond donors (Lipinski definition) is 2. The van der Waals surface area contributed by atoms with E-state index in [2.05, 4.69) is 15.5 Å². The van der Waals surface area contributed by atoms with Crippen molar-refractivity contribution in [2.24, 2.45) is 0 Å². The number of para-hydroxylation sites is 1. The highest BCUT2D eigenvalue weighted by Crippen LogP contribution is 2.34. The molecule has 2 N–H and O–H groups in total. The van der Waals surface area contributed by atoms with Crippen LogP contribution in [0.3, 0.4) is 0 Å². The van der Waals surface area contributed by atoms with Crippen molar-refractivity contribution in [1.29, 1.82) is 0 Å². The fourth-order valence-electron chi connectivity index (χ4n) is 2.48. The number of ether oxygens (including phenoxy) is 1. The van der Waals surface area contributed by atoms with Crippen molar-refractivity contribution in [2.45, 2.75) is 6.42 Å². The Morgan fingerprint density at radius 2 is 2.19 bits per heavy atom. The average molecular weight is 294 g/mol. The van der Waals surface area contributed by atoms with E-state index < -0.39 is 4.92 Å². The molecule has 0 saturated carbocycles. The minimum atomic E-state index is -0.405. The van der Waals surface area contributed by atoms with Gasteiger partial charge in [-0.05, 0) is 25.1 Å². The molecule has 0 amide bonds. The maximum absolute atomic E-state index is 11.2. The van der Waals surface area contributed by atoms with Crippen molar-refractivity contribution in [3.63, 3.8) is 0 Å². The van der Waals surface area contributed by atoms with Crippen molar-refractivity contribution in [3.8, 4) is 5.75 Å². The second-order valence-electron chi connectivity index (χ2n) is 4.99. The van der Waals surface area contributed by atoms with Crippen LogP contribution in [0.1, 0.15) is 6.42 Å². The first kappa shape index (κ1) is 15.5. The van der Waals surface area contributed by atoms with Gasteiger partial charge in [0.25, 0.3) is 0 Å². The molecule has 21 heavy (non-hydrogen) atoms. The quantitative estimate of drug-likeness (QED) is 0.448. The van der Waals surface area contributed by atoms with E-state index in [1.165, 1.54) is 7.11 Å². The molecule has 1 fully saturated rings. The van der Waals surface area contributed by atoms with Gasteiger partial charge >= 0.3 is 5.69 Å². The summed E-state index contributed by atoms with van der Waals surface area (Å²) in [5, 5.41) is 17.6. The van der Waals surface area contributed by atoms with Crippen LogP contribution in [0.15, 0.2) is 18.2 Å². The zero-order chi connectivity index (χ0) is 15.1. The Morgan fingerprint density at radius 3 is 2.86 bits per heavy atom. The van der Waals surface area contributed by atoms with Gasteiger partial charge in [0.2, 0.25) is 0 Å². The molecule has 0 spiro atoms. The van der Waals surface area contributed by atoms with E-state index in [0.717, 1.165) is 39.1 Å². The molecule has 1 aliphatic rings. The predicted octanol–water partition coefficient (Wildman–Crippen LogP) is 1.31. The molecular weight excluding hydrogens is 272 g/mol. The molecule has 0 bridgehead atoms. The summed E-state index contributed by atoms with van der Waals surface area (Å²) in [5.74, 6) is 0.284. The highest BCUT2D eigenvalue weighted by molar-refractivity contribution is 5.68. The lowest BCUT2D eigenvalue weighted by Gasteiger charge is -2.27. The van der Waals surface area contributed by atoms with Crippen molar-refractivity contribution < 1.29 is 9.66 Å². The minimum absolute atomic E-state index is 0.00201. The van der Waals surface area contributed by atoms with Crippen LogP contribution in [0.2, 0.25) is 0 Å². The lowest BCUT2D eigenvalue weighted by molar-refractivity contribution is -0.384. The third kappa shape index (κ3) is 4.30. The van der Waals surface area contributed by atoms with E-state index >= 15 is 0 Å². The topological polar surface area (TPSA) is 79.7 Å². The molecule has 7 heteroatoms. The summed E-state index contributed by atoms with van der Waals surface area (Å²) in [6, 6.07) is 5.07. The molecule has 2 rings (SSSR count). The number of rotatable bonds is 7. The molecule has 7 nitrogen and oxygen atoms in total. The largest absolute Gasteiger partial charge is 0.490 e. The molecule has 0 aromatic heterocycles. The summed E-state index contributed by atoms with van der Waals surface area (Å²) in [5.41, 5.74) is 0.516. The minimum Gasteiger partial charge on any atom is -0.490 e. The second-order valence-corrected chi connectivity index (χ2v) is 4.99. The predicted molar refractivity (Wildman–Crippen MR) is 82.1 cm³/mol. The van der Waals surface area contributed by atoms with Gasteiger partial charge in [0.15, 0.2) is 5.75 Å². The third-order valence-electron chi connectivity index (χ3n) is 3.58. The van der Waals surface area contributed by atoms with Crippen LogP contribution in [-0.2, 0) is 0 Å². The number of nitrogens with zero attached hydrogens (tertiary/aromatic N) is 2. The number of nitro benzene ring substituents is 1. The number of anilines is 1. The van der Waals surface area contributed by atoms with Gasteiger partial charge < -0.3 is 20.3 Å². The Balaban J connectivity index is 1.86. The summed E-state index contributed by atoms with van der Waals surface area (Å²) < 4.78 is 5.05. The first-order valence-corrected chi connectivity index (χ1v) is 7.20. The van der Waals surface area contributed by atoms with Gasteiger partial charge in [-0.2, -0.15) is 0 Å². The Bertz CT molecular complexity index is 475. The maximum atomic E-state index is 11.2. The number of hydrogen-bond acceptors (Lipinski definition) is 6. The molecule has 116 valence electrons. The van der Waals surface area contributed by atoms with Gasteiger partial charge in [-0.15, -0.1) is 0 Å². The number of benzene rings is 1. The molecular formula is C14H22N4O3. The van der Waals surface area contributed by atoms with Gasteiger partial charge in [0.1, 0.15) is 5.69 Å². The van der Waals surface area contributed by atoms with Crippen molar-refractivity contribution >= 4 is 11.4 Å². The van der Waals surface area contributed by atoms with E-state index in [1.54, 1.807) is 18.2 Å². The van der Waals surface area contributed by atoms with Gasteiger partial charge in [-0.3, -0.25) is 10.1 Å². The van der Waals surface area contributed by atoms with Crippen molar-refractivity contribution in [2.75, 3.05) is 51.7 Å². The molecule has 1 aromatic carbocycles. The average Bonchev–Trinajstić information content (AvgIpc) is 2.52. The molecule has 0 radical (unpaired) electrons. The molecule has 0 aliphatic carbocycles. The SMILES string of the molecule is COc1cccc(NCCCN2CCNCC2)c1[N+](=O)[O-]. The Labute approximate surface area is 124 Å². The first-order valence-electron chi connectivity index (χ1n) is 7.20. The lowest BCUT2D eigenvalue weighted by Crippen LogP contribution is -2.44. The van der Waals surface area contributed by atoms with Crippen LogP contribution in [0, 0.1) is 10.1 Å². The Kier molecular flexibility index (Phi) is 5.77. The summed E-state index contributed by atoms with van der Waals surface area (Å²) in [4.78, 5) is 13.1.